The minimum atomic E-state index is -0.807. The molecule has 0 heterocycles. The minimum absolute atomic E-state index is 0.452. The van der Waals surface area contributed by atoms with Crippen LogP contribution in [0.3, 0.4) is 0 Å². The topological polar surface area (TPSA) is 23.8 Å². The Morgan fingerprint density at radius 1 is 1.27 bits per heavy atom. The average Bonchev–Trinajstić information content (AvgIpc) is 1.99. The fourth-order valence-electron chi connectivity index (χ4n) is 0.630. The van der Waals surface area contributed by atoms with E-state index in [2.05, 4.69) is 0 Å². The summed E-state index contributed by atoms with van der Waals surface area (Å²) in [6.45, 7) is 0. The third-order valence-electron chi connectivity index (χ3n) is 1.16. The smallest absolute Gasteiger partial charge is 0.143 e. The van der Waals surface area contributed by atoms with Crippen LogP contribution in [-0.4, -0.2) is 0 Å². The molecular weight excluding hydrogens is 172 g/mol. The highest BCUT2D eigenvalue weighted by atomic mass is 35.5. The van der Waals surface area contributed by atoms with Crippen LogP contribution in [0.4, 0.5) is 8.78 Å². The van der Waals surface area contributed by atoms with Gasteiger partial charge in [-0.1, -0.05) is 11.6 Å². The Morgan fingerprint density at radius 3 is 2.27 bits per heavy atom. The second-order valence-electron chi connectivity index (χ2n) is 1.83. The van der Waals surface area contributed by atoms with Gasteiger partial charge >= 0.3 is 0 Å². The Bertz CT molecular complexity index is 330. The first-order chi connectivity index (χ1) is 5.16. The predicted molar refractivity (Wildman–Crippen MR) is 36.1 cm³/mol. The highest BCUT2D eigenvalue weighted by molar-refractivity contribution is 6.31. The van der Waals surface area contributed by atoms with Gasteiger partial charge in [-0.2, -0.15) is 5.26 Å². The molecule has 4 heteroatoms. The summed E-state index contributed by atoms with van der Waals surface area (Å²) in [6.07, 6.45) is 0. The molecule has 1 aromatic rings. The lowest BCUT2D eigenvalue weighted by Crippen LogP contribution is -1.87. The van der Waals surface area contributed by atoms with Gasteiger partial charge in [0.2, 0.25) is 0 Å². The third kappa shape index (κ3) is 1.31. The van der Waals surface area contributed by atoms with Crippen LogP contribution in [0.15, 0.2) is 12.1 Å². The van der Waals surface area contributed by atoms with Gasteiger partial charge in [-0.15, -0.1) is 0 Å². The van der Waals surface area contributed by atoms with E-state index in [-0.39, 0.29) is 0 Å². The molecule has 1 aromatic carbocycles. The number of hydrogen-bond donors (Lipinski definition) is 0. The number of nitrogens with zero attached hydrogens (tertiary/aromatic N) is 1. The van der Waals surface area contributed by atoms with Gasteiger partial charge in [0.25, 0.3) is 0 Å². The van der Waals surface area contributed by atoms with Gasteiger partial charge in [-0.05, 0) is 12.1 Å². The predicted octanol–water partition coefficient (Wildman–Crippen LogP) is 2.49. The van der Waals surface area contributed by atoms with E-state index in [0.29, 0.717) is 0 Å². The molecule has 11 heavy (non-hydrogen) atoms. The first-order valence-corrected chi connectivity index (χ1v) is 3.08. The van der Waals surface area contributed by atoms with Gasteiger partial charge in [0.05, 0.1) is 5.02 Å². The van der Waals surface area contributed by atoms with E-state index >= 15 is 0 Å². The molecule has 0 aliphatic rings. The van der Waals surface area contributed by atoms with Crippen LogP contribution in [0.1, 0.15) is 5.56 Å². The van der Waals surface area contributed by atoms with E-state index in [0.717, 1.165) is 12.1 Å². The molecule has 0 fully saturated rings. The maximum Gasteiger partial charge on any atom is 0.143 e. The van der Waals surface area contributed by atoms with Crippen LogP contribution in [0.2, 0.25) is 5.02 Å². The van der Waals surface area contributed by atoms with Crippen molar-refractivity contribution >= 4 is 11.6 Å². The first-order valence-electron chi connectivity index (χ1n) is 2.70. The largest absolute Gasteiger partial charge is 0.205 e. The van der Waals surface area contributed by atoms with E-state index in [1.165, 1.54) is 6.07 Å². The van der Waals surface area contributed by atoms with Crippen LogP contribution in [0.25, 0.3) is 0 Å². The molecule has 0 aliphatic carbocycles. The fraction of sp³-hybridized carbons (Fsp3) is 0. The fourth-order valence-corrected chi connectivity index (χ4v) is 0.825. The molecule has 0 amide bonds. The van der Waals surface area contributed by atoms with Crippen LogP contribution in [0.5, 0.6) is 0 Å². The summed E-state index contributed by atoms with van der Waals surface area (Å²) >= 11 is 5.26. The van der Waals surface area contributed by atoms with Gasteiger partial charge < -0.3 is 0 Å². The zero-order valence-corrected chi connectivity index (χ0v) is 5.99. The maximum atomic E-state index is 12.6. The molecule has 1 rings (SSSR count). The second-order valence-corrected chi connectivity index (χ2v) is 2.21. The summed E-state index contributed by atoms with van der Waals surface area (Å²) in [7, 11) is 0. The standard InChI is InChI=1S/C7H2ClF2N/c8-7-4(3-11)5(9)1-2-6(7)10/h1-2H. The van der Waals surface area contributed by atoms with Gasteiger partial charge in [-0.3, -0.25) is 0 Å². The molecule has 0 aromatic heterocycles. The molecular formula is C7H2ClF2N. The van der Waals surface area contributed by atoms with Crippen molar-refractivity contribution in [2.75, 3.05) is 0 Å². The Hall–Kier alpha value is -1.14. The summed E-state index contributed by atoms with van der Waals surface area (Å²) < 4.78 is 25.1. The van der Waals surface area contributed by atoms with Gasteiger partial charge in [0.15, 0.2) is 0 Å². The number of benzene rings is 1. The monoisotopic (exact) mass is 173 g/mol. The van der Waals surface area contributed by atoms with Crippen molar-refractivity contribution in [1.82, 2.24) is 0 Å². The molecule has 0 spiro atoms. The Balaban J connectivity index is 3.44. The van der Waals surface area contributed by atoms with E-state index in [4.69, 9.17) is 16.9 Å². The molecule has 0 aliphatic heterocycles. The molecule has 56 valence electrons. The van der Waals surface area contributed by atoms with E-state index < -0.39 is 22.2 Å². The average molecular weight is 174 g/mol. The summed E-state index contributed by atoms with van der Waals surface area (Å²) in [6, 6.07) is 3.19. The van der Waals surface area contributed by atoms with Crippen LogP contribution in [-0.2, 0) is 0 Å². The van der Waals surface area contributed by atoms with E-state index in [9.17, 15) is 8.78 Å². The lowest BCUT2D eigenvalue weighted by molar-refractivity contribution is 0.597. The van der Waals surface area contributed by atoms with Crippen molar-refractivity contribution < 1.29 is 8.78 Å². The second kappa shape index (κ2) is 2.85. The van der Waals surface area contributed by atoms with Crippen LogP contribution < -0.4 is 0 Å². The molecule has 0 radical (unpaired) electrons. The molecule has 0 saturated carbocycles. The van der Waals surface area contributed by atoms with E-state index in [1.807, 2.05) is 0 Å². The summed E-state index contributed by atoms with van der Waals surface area (Å²) in [5.74, 6) is -1.59. The van der Waals surface area contributed by atoms with Crippen molar-refractivity contribution in [2.24, 2.45) is 0 Å². The maximum absolute atomic E-state index is 12.6. The zero-order chi connectivity index (χ0) is 8.43. The molecule has 0 saturated heterocycles. The Labute approximate surface area is 66.8 Å². The zero-order valence-electron chi connectivity index (χ0n) is 5.24. The van der Waals surface area contributed by atoms with Gasteiger partial charge in [0.1, 0.15) is 23.3 Å². The van der Waals surface area contributed by atoms with Crippen molar-refractivity contribution in [1.29, 1.82) is 5.26 Å². The molecule has 0 N–H and O–H groups in total. The van der Waals surface area contributed by atoms with Crippen molar-refractivity contribution in [3.8, 4) is 6.07 Å². The normalized spacial score (nSPS) is 9.27. The minimum Gasteiger partial charge on any atom is -0.205 e. The number of rotatable bonds is 0. The van der Waals surface area contributed by atoms with Crippen molar-refractivity contribution in [2.45, 2.75) is 0 Å². The number of hydrogen-bond acceptors (Lipinski definition) is 1. The first kappa shape index (κ1) is 7.96. The Kier molecular flexibility index (Phi) is 2.06. The summed E-state index contributed by atoms with van der Waals surface area (Å²) in [5, 5.41) is 7.82. The lowest BCUT2D eigenvalue weighted by Gasteiger charge is -1.96. The molecule has 0 unspecified atom stereocenters. The van der Waals surface area contributed by atoms with Gasteiger partial charge in [0, 0.05) is 0 Å². The van der Waals surface area contributed by atoms with Crippen molar-refractivity contribution in [3.63, 3.8) is 0 Å². The molecule has 0 atom stereocenters. The lowest BCUT2D eigenvalue weighted by atomic mass is 10.2. The SMILES string of the molecule is N#Cc1c(F)ccc(F)c1Cl. The molecule has 1 nitrogen and oxygen atoms in total. The number of halogens is 3. The highest BCUT2D eigenvalue weighted by Crippen LogP contribution is 2.21. The third-order valence-corrected chi connectivity index (χ3v) is 1.53. The number of nitriles is 1. The molecule has 0 bridgehead atoms. The Morgan fingerprint density at radius 2 is 1.82 bits per heavy atom. The van der Waals surface area contributed by atoms with Gasteiger partial charge in [-0.25, -0.2) is 8.78 Å². The van der Waals surface area contributed by atoms with Crippen LogP contribution >= 0.6 is 11.6 Å². The highest BCUT2D eigenvalue weighted by Gasteiger charge is 2.10. The summed E-state index contributed by atoms with van der Waals surface area (Å²) in [5.41, 5.74) is -0.452. The van der Waals surface area contributed by atoms with Crippen molar-refractivity contribution in [3.05, 3.63) is 34.4 Å². The van der Waals surface area contributed by atoms with E-state index in [1.54, 1.807) is 0 Å². The summed E-state index contributed by atoms with van der Waals surface area (Å²) in [4.78, 5) is 0. The van der Waals surface area contributed by atoms with Crippen LogP contribution in [0, 0.1) is 23.0 Å². The quantitative estimate of drug-likeness (QED) is 0.553.